The fourth-order valence-corrected chi connectivity index (χ4v) is 3.33. The minimum atomic E-state index is -0.318. The summed E-state index contributed by atoms with van der Waals surface area (Å²) in [5, 5.41) is -0.158. The van der Waals surface area contributed by atoms with Gasteiger partial charge in [0.15, 0.2) is 0 Å². The summed E-state index contributed by atoms with van der Waals surface area (Å²) in [5.74, 6) is -0.00652. The Bertz CT molecular complexity index is 406. The monoisotopic (exact) mass is 303 g/mol. The van der Waals surface area contributed by atoms with Gasteiger partial charge in [0.25, 0.3) is 6.47 Å². The van der Waals surface area contributed by atoms with Gasteiger partial charge in [-0.3, -0.25) is 19.3 Å². The maximum absolute atomic E-state index is 11.2. The number of likely N-dealkylation sites (N-methyl/N-ethyl adjacent to an activating group) is 1. The first kappa shape index (κ1) is 17.0. The predicted molar refractivity (Wildman–Crippen MR) is 75.3 cm³/mol. The number of likely N-dealkylation sites (tertiary alicyclic amines) is 1. The SMILES string of the molecule is CC(C)(C)OC=O.COC(=O)[C@@H]1SC12CC(=O)CN2C. The van der Waals surface area contributed by atoms with Crippen molar-refractivity contribution in [2.45, 2.75) is 42.9 Å². The van der Waals surface area contributed by atoms with Crippen LogP contribution in [0.15, 0.2) is 0 Å². The molecule has 6 nitrogen and oxygen atoms in total. The summed E-state index contributed by atoms with van der Waals surface area (Å²) < 4.78 is 9.20. The van der Waals surface area contributed by atoms with Crippen LogP contribution in [0.4, 0.5) is 0 Å². The van der Waals surface area contributed by atoms with Crippen molar-refractivity contribution in [1.29, 1.82) is 0 Å². The van der Waals surface area contributed by atoms with Gasteiger partial charge in [0, 0.05) is 6.42 Å². The molecule has 114 valence electrons. The molecule has 0 aliphatic carbocycles. The summed E-state index contributed by atoms with van der Waals surface area (Å²) in [6, 6.07) is 0. The van der Waals surface area contributed by atoms with E-state index >= 15 is 0 Å². The minimum absolute atomic E-state index is 0.158. The Hall–Kier alpha value is -1.08. The molecule has 7 heteroatoms. The standard InChI is InChI=1S/C8H11NO3S.C5H10O2/c1-9-4-5(10)3-8(9)6(13-8)7(11)12-2;1-5(2,3)7-4-6/h6H,3-4H2,1-2H3;4H,1-3H3/t6-,8?;/m0./s1. The van der Waals surface area contributed by atoms with Gasteiger partial charge in [0.2, 0.25) is 0 Å². The molecule has 2 atom stereocenters. The van der Waals surface area contributed by atoms with Gasteiger partial charge in [0.05, 0.1) is 18.5 Å². The number of nitrogens with zero attached hydrogens (tertiary/aromatic N) is 1. The summed E-state index contributed by atoms with van der Waals surface area (Å²) in [5.41, 5.74) is -0.318. The lowest BCUT2D eigenvalue weighted by Gasteiger charge is -2.15. The lowest BCUT2D eigenvalue weighted by molar-refractivity contribution is -0.140. The van der Waals surface area contributed by atoms with E-state index in [0.29, 0.717) is 19.4 Å². The molecule has 1 spiro atoms. The Balaban J connectivity index is 0.000000246. The fourth-order valence-electron chi connectivity index (χ4n) is 1.95. The number of ketones is 1. The van der Waals surface area contributed by atoms with E-state index in [1.807, 2.05) is 32.7 Å². The van der Waals surface area contributed by atoms with Gasteiger partial charge in [0.1, 0.15) is 16.6 Å². The predicted octanol–water partition coefficient (Wildman–Crippen LogP) is 0.834. The molecule has 2 heterocycles. The third-order valence-electron chi connectivity index (χ3n) is 3.00. The van der Waals surface area contributed by atoms with Gasteiger partial charge in [-0.15, -0.1) is 11.8 Å². The maximum atomic E-state index is 11.2. The highest BCUT2D eigenvalue weighted by Gasteiger charge is 2.66. The van der Waals surface area contributed by atoms with E-state index in [2.05, 4.69) is 9.47 Å². The number of thioether (sulfide) groups is 1. The number of hydrogen-bond donors (Lipinski definition) is 0. The van der Waals surface area contributed by atoms with E-state index in [9.17, 15) is 14.4 Å². The van der Waals surface area contributed by atoms with E-state index in [1.54, 1.807) is 0 Å². The third-order valence-corrected chi connectivity index (χ3v) is 4.67. The number of esters is 1. The molecular formula is C13H21NO5S. The van der Waals surface area contributed by atoms with Crippen LogP contribution in [0.5, 0.6) is 0 Å². The van der Waals surface area contributed by atoms with Crippen LogP contribution in [0, 0.1) is 0 Å². The number of methoxy groups -OCH3 is 1. The average Bonchev–Trinajstić information content (AvgIpc) is 2.95. The van der Waals surface area contributed by atoms with E-state index in [-0.39, 0.29) is 27.5 Å². The van der Waals surface area contributed by atoms with Crippen LogP contribution >= 0.6 is 11.8 Å². The number of ether oxygens (including phenoxy) is 2. The second kappa shape index (κ2) is 6.13. The molecule has 0 radical (unpaired) electrons. The molecule has 2 aliphatic heterocycles. The Morgan fingerprint density at radius 2 is 2.10 bits per heavy atom. The molecule has 2 fully saturated rings. The summed E-state index contributed by atoms with van der Waals surface area (Å²) in [4.78, 5) is 33.6. The van der Waals surface area contributed by atoms with Crippen molar-refractivity contribution in [3.63, 3.8) is 0 Å². The quantitative estimate of drug-likeness (QED) is 0.425. The van der Waals surface area contributed by atoms with Crippen molar-refractivity contribution < 1.29 is 23.9 Å². The lowest BCUT2D eigenvalue weighted by Crippen LogP contribution is -2.33. The fraction of sp³-hybridized carbons (Fsp3) is 0.769. The molecule has 0 aromatic rings. The highest BCUT2D eigenvalue weighted by Crippen LogP contribution is 2.60. The first-order chi connectivity index (χ1) is 9.16. The number of rotatable bonds is 2. The van der Waals surface area contributed by atoms with Crippen LogP contribution in [-0.4, -0.2) is 59.5 Å². The van der Waals surface area contributed by atoms with Gasteiger partial charge in [-0.1, -0.05) is 0 Å². The molecular weight excluding hydrogens is 282 g/mol. The Morgan fingerprint density at radius 3 is 2.40 bits per heavy atom. The minimum Gasteiger partial charge on any atom is -0.468 e. The van der Waals surface area contributed by atoms with Crippen LogP contribution in [0.1, 0.15) is 27.2 Å². The Morgan fingerprint density at radius 1 is 1.50 bits per heavy atom. The molecule has 0 aromatic heterocycles. The molecule has 0 bridgehead atoms. The molecule has 0 saturated carbocycles. The Kier molecular flexibility index (Phi) is 5.21. The van der Waals surface area contributed by atoms with Crippen molar-refractivity contribution in [3.8, 4) is 0 Å². The van der Waals surface area contributed by atoms with Gasteiger partial charge >= 0.3 is 5.97 Å². The second-order valence-electron chi connectivity index (χ2n) is 5.76. The van der Waals surface area contributed by atoms with Gasteiger partial charge in [-0.05, 0) is 27.8 Å². The molecule has 20 heavy (non-hydrogen) atoms. The van der Waals surface area contributed by atoms with E-state index in [1.165, 1.54) is 18.9 Å². The topological polar surface area (TPSA) is 72.9 Å². The molecule has 0 N–H and O–H groups in total. The van der Waals surface area contributed by atoms with Crippen LogP contribution in [0.2, 0.25) is 0 Å². The zero-order chi connectivity index (χ0) is 15.6. The first-order valence-corrected chi connectivity index (χ1v) is 7.14. The highest BCUT2D eigenvalue weighted by atomic mass is 32.2. The molecule has 2 saturated heterocycles. The van der Waals surface area contributed by atoms with Gasteiger partial charge in [-0.25, -0.2) is 0 Å². The number of carbonyl (C=O) groups excluding carboxylic acids is 3. The van der Waals surface area contributed by atoms with Crippen LogP contribution in [0.25, 0.3) is 0 Å². The van der Waals surface area contributed by atoms with Crippen molar-refractivity contribution in [2.75, 3.05) is 20.7 Å². The van der Waals surface area contributed by atoms with Gasteiger partial charge < -0.3 is 9.47 Å². The normalized spacial score (nSPS) is 28.6. The summed E-state index contributed by atoms with van der Waals surface area (Å²) in [7, 11) is 3.26. The maximum Gasteiger partial charge on any atom is 0.321 e. The largest absolute Gasteiger partial charge is 0.468 e. The van der Waals surface area contributed by atoms with Gasteiger partial charge in [-0.2, -0.15) is 0 Å². The molecule has 0 amide bonds. The molecule has 2 rings (SSSR count). The number of carbonyl (C=O) groups is 3. The van der Waals surface area contributed by atoms with E-state index < -0.39 is 0 Å². The van der Waals surface area contributed by atoms with Crippen molar-refractivity contribution in [1.82, 2.24) is 4.90 Å². The first-order valence-electron chi connectivity index (χ1n) is 6.26. The lowest BCUT2D eigenvalue weighted by atomic mass is 10.1. The average molecular weight is 303 g/mol. The Labute approximate surface area is 123 Å². The summed E-state index contributed by atoms with van der Waals surface area (Å²) >= 11 is 1.52. The second-order valence-corrected chi connectivity index (χ2v) is 7.18. The highest BCUT2D eigenvalue weighted by molar-refractivity contribution is 8.09. The molecule has 0 aromatic carbocycles. The van der Waals surface area contributed by atoms with E-state index in [0.717, 1.165) is 0 Å². The zero-order valence-electron chi connectivity index (χ0n) is 12.5. The third kappa shape index (κ3) is 3.96. The van der Waals surface area contributed by atoms with Crippen molar-refractivity contribution >= 4 is 30.0 Å². The molecule has 1 unspecified atom stereocenters. The zero-order valence-corrected chi connectivity index (χ0v) is 13.3. The van der Waals surface area contributed by atoms with Crippen molar-refractivity contribution in [3.05, 3.63) is 0 Å². The van der Waals surface area contributed by atoms with E-state index in [4.69, 9.17) is 0 Å². The van der Waals surface area contributed by atoms with Crippen LogP contribution in [0.3, 0.4) is 0 Å². The van der Waals surface area contributed by atoms with Crippen molar-refractivity contribution in [2.24, 2.45) is 0 Å². The number of Topliss-reactive ketones (excluding diaryl/α,β-unsaturated/α-hetero) is 1. The van der Waals surface area contributed by atoms with Crippen LogP contribution < -0.4 is 0 Å². The molecule has 2 aliphatic rings. The van der Waals surface area contributed by atoms with Crippen LogP contribution in [-0.2, 0) is 23.9 Å². The summed E-state index contributed by atoms with van der Waals surface area (Å²) in [6.45, 7) is 6.38. The number of hydrogen-bond acceptors (Lipinski definition) is 7. The smallest absolute Gasteiger partial charge is 0.321 e. The summed E-state index contributed by atoms with van der Waals surface area (Å²) in [6.07, 6.45) is 0.480.